The highest BCUT2D eigenvalue weighted by Gasteiger charge is 2.15. The maximum atomic E-state index is 11.3. The van der Waals surface area contributed by atoms with Crippen LogP contribution in [-0.2, 0) is 0 Å². The van der Waals surface area contributed by atoms with Crippen molar-refractivity contribution in [1.29, 1.82) is 0 Å². The Kier molecular flexibility index (Phi) is 4.27. The van der Waals surface area contributed by atoms with Gasteiger partial charge in [-0.1, -0.05) is 6.07 Å². The molecule has 1 aromatic rings. The maximum absolute atomic E-state index is 11.3. The molecule has 1 aromatic carbocycles. The fourth-order valence-corrected chi connectivity index (χ4v) is 2.52. The number of amides is 1. The summed E-state index contributed by atoms with van der Waals surface area (Å²) < 4.78 is 0. The van der Waals surface area contributed by atoms with Gasteiger partial charge in [0, 0.05) is 20.1 Å². The Morgan fingerprint density at radius 1 is 1.37 bits per heavy atom. The number of likely N-dealkylation sites (tertiary alicyclic amines) is 1. The number of benzene rings is 1. The largest absolute Gasteiger partial charge is 0.396 e. The first-order valence-corrected chi connectivity index (χ1v) is 6.71. The monoisotopic (exact) mass is 262 g/mol. The van der Waals surface area contributed by atoms with Gasteiger partial charge in [0.2, 0.25) is 0 Å². The van der Waals surface area contributed by atoms with Gasteiger partial charge in [-0.2, -0.15) is 0 Å². The van der Waals surface area contributed by atoms with Gasteiger partial charge in [0.1, 0.15) is 0 Å². The average molecular weight is 262 g/mol. The van der Waals surface area contributed by atoms with E-state index in [1.165, 1.54) is 25.9 Å². The second kappa shape index (κ2) is 5.93. The molecular weight excluding hydrogens is 240 g/mol. The van der Waals surface area contributed by atoms with Crippen LogP contribution in [0.1, 0.15) is 23.2 Å². The summed E-state index contributed by atoms with van der Waals surface area (Å²) in [5.74, 6) is -0.479. The van der Waals surface area contributed by atoms with E-state index in [0.29, 0.717) is 11.3 Å². The standard InChI is InChI=1S/C14H22N4O/c1-17(9-10-18-7-2-3-8-18)12-6-4-5-11(13(12)15)14(16)19/h4-6H,2-3,7-10,15H2,1H3,(H2,16,19). The van der Waals surface area contributed by atoms with E-state index in [9.17, 15) is 4.79 Å². The summed E-state index contributed by atoms with van der Waals surface area (Å²) >= 11 is 0. The van der Waals surface area contributed by atoms with Crippen LogP contribution in [0.5, 0.6) is 0 Å². The van der Waals surface area contributed by atoms with Crippen LogP contribution in [0.25, 0.3) is 0 Å². The van der Waals surface area contributed by atoms with Gasteiger partial charge in [-0.3, -0.25) is 4.79 Å². The minimum Gasteiger partial charge on any atom is -0.396 e. The van der Waals surface area contributed by atoms with Gasteiger partial charge in [-0.25, -0.2) is 0 Å². The lowest BCUT2D eigenvalue weighted by Crippen LogP contribution is -2.32. The summed E-state index contributed by atoms with van der Waals surface area (Å²) in [6, 6.07) is 5.40. The summed E-state index contributed by atoms with van der Waals surface area (Å²) in [6.07, 6.45) is 2.59. The number of nitrogens with two attached hydrogens (primary N) is 2. The SMILES string of the molecule is CN(CCN1CCCC1)c1cccc(C(N)=O)c1N. The van der Waals surface area contributed by atoms with Gasteiger partial charge in [0.05, 0.1) is 16.9 Å². The van der Waals surface area contributed by atoms with Crippen LogP contribution in [0.2, 0.25) is 0 Å². The first kappa shape index (κ1) is 13.7. The summed E-state index contributed by atoms with van der Waals surface area (Å²) in [7, 11) is 1.99. The number of para-hydroxylation sites is 1. The number of carbonyl (C=O) groups excluding carboxylic acids is 1. The zero-order chi connectivity index (χ0) is 13.8. The van der Waals surface area contributed by atoms with Crippen molar-refractivity contribution in [2.24, 2.45) is 5.73 Å². The van der Waals surface area contributed by atoms with E-state index in [-0.39, 0.29) is 0 Å². The first-order valence-electron chi connectivity index (χ1n) is 6.71. The van der Waals surface area contributed by atoms with Crippen molar-refractivity contribution in [1.82, 2.24) is 4.90 Å². The van der Waals surface area contributed by atoms with E-state index in [4.69, 9.17) is 11.5 Å². The molecule has 1 amide bonds. The molecular formula is C14H22N4O. The molecule has 2 rings (SSSR count). The predicted molar refractivity (Wildman–Crippen MR) is 78.3 cm³/mol. The number of hydrogen-bond donors (Lipinski definition) is 2. The summed E-state index contributed by atoms with van der Waals surface area (Å²) in [4.78, 5) is 15.8. The third kappa shape index (κ3) is 3.17. The van der Waals surface area contributed by atoms with Gasteiger partial charge in [0.15, 0.2) is 0 Å². The van der Waals surface area contributed by atoms with Crippen molar-refractivity contribution in [3.63, 3.8) is 0 Å². The van der Waals surface area contributed by atoms with E-state index in [1.807, 2.05) is 19.2 Å². The Hall–Kier alpha value is -1.75. The number of rotatable bonds is 5. The molecule has 0 radical (unpaired) electrons. The smallest absolute Gasteiger partial charge is 0.250 e. The minimum absolute atomic E-state index is 0.394. The fraction of sp³-hybridized carbons (Fsp3) is 0.500. The molecule has 19 heavy (non-hydrogen) atoms. The van der Waals surface area contributed by atoms with Crippen molar-refractivity contribution < 1.29 is 4.79 Å². The quantitative estimate of drug-likeness (QED) is 0.773. The number of likely N-dealkylation sites (N-methyl/N-ethyl adjacent to an activating group) is 1. The Bertz CT molecular complexity index is 455. The molecule has 5 nitrogen and oxygen atoms in total. The van der Waals surface area contributed by atoms with Crippen LogP contribution in [0.3, 0.4) is 0 Å². The van der Waals surface area contributed by atoms with Gasteiger partial charge >= 0.3 is 0 Å². The van der Waals surface area contributed by atoms with E-state index in [0.717, 1.165) is 18.8 Å². The predicted octanol–water partition coefficient (Wildman–Crippen LogP) is 0.900. The molecule has 1 fully saturated rings. The lowest BCUT2D eigenvalue weighted by Gasteiger charge is -2.24. The van der Waals surface area contributed by atoms with E-state index < -0.39 is 5.91 Å². The fourth-order valence-electron chi connectivity index (χ4n) is 2.52. The molecule has 0 atom stereocenters. The highest BCUT2D eigenvalue weighted by Crippen LogP contribution is 2.25. The minimum atomic E-state index is -0.479. The molecule has 0 spiro atoms. The molecule has 0 aromatic heterocycles. The van der Waals surface area contributed by atoms with Crippen LogP contribution < -0.4 is 16.4 Å². The van der Waals surface area contributed by atoms with Crippen LogP contribution in [0.4, 0.5) is 11.4 Å². The van der Waals surface area contributed by atoms with Gasteiger partial charge in [-0.15, -0.1) is 0 Å². The molecule has 5 heteroatoms. The number of nitrogens with zero attached hydrogens (tertiary/aromatic N) is 2. The Balaban J connectivity index is 2.03. The third-order valence-electron chi connectivity index (χ3n) is 3.71. The third-order valence-corrected chi connectivity index (χ3v) is 3.71. The number of primary amides is 1. The van der Waals surface area contributed by atoms with Crippen molar-refractivity contribution >= 4 is 17.3 Å². The number of carbonyl (C=O) groups is 1. The van der Waals surface area contributed by atoms with Crippen LogP contribution in [-0.4, -0.2) is 44.0 Å². The first-order chi connectivity index (χ1) is 9.09. The zero-order valence-electron chi connectivity index (χ0n) is 11.4. The zero-order valence-corrected chi connectivity index (χ0v) is 11.4. The molecule has 1 aliphatic heterocycles. The normalized spacial score (nSPS) is 15.6. The molecule has 4 N–H and O–H groups in total. The van der Waals surface area contributed by atoms with Gasteiger partial charge < -0.3 is 21.3 Å². The number of anilines is 2. The molecule has 0 unspecified atom stereocenters. The summed E-state index contributed by atoms with van der Waals surface area (Å²) in [5, 5.41) is 0. The van der Waals surface area contributed by atoms with E-state index in [2.05, 4.69) is 9.80 Å². The molecule has 0 saturated carbocycles. The molecule has 1 heterocycles. The van der Waals surface area contributed by atoms with Crippen LogP contribution >= 0.6 is 0 Å². The molecule has 0 aliphatic carbocycles. The lowest BCUT2D eigenvalue weighted by molar-refractivity contribution is 0.100. The highest BCUT2D eigenvalue weighted by molar-refractivity contribution is 6.00. The molecule has 0 bridgehead atoms. The summed E-state index contributed by atoms with van der Waals surface area (Å²) in [6.45, 7) is 4.29. The maximum Gasteiger partial charge on any atom is 0.250 e. The molecule has 1 saturated heterocycles. The van der Waals surface area contributed by atoms with Crippen LogP contribution in [0.15, 0.2) is 18.2 Å². The van der Waals surface area contributed by atoms with Crippen molar-refractivity contribution in [2.45, 2.75) is 12.8 Å². The highest BCUT2D eigenvalue weighted by atomic mass is 16.1. The number of nitrogen functional groups attached to an aromatic ring is 1. The van der Waals surface area contributed by atoms with E-state index >= 15 is 0 Å². The molecule has 1 aliphatic rings. The second-order valence-electron chi connectivity index (χ2n) is 5.07. The lowest BCUT2D eigenvalue weighted by atomic mass is 10.1. The Labute approximate surface area is 114 Å². The Morgan fingerprint density at radius 2 is 2.05 bits per heavy atom. The Morgan fingerprint density at radius 3 is 2.68 bits per heavy atom. The summed E-state index contributed by atoms with van der Waals surface area (Å²) in [5.41, 5.74) is 13.1. The van der Waals surface area contributed by atoms with E-state index in [1.54, 1.807) is 6.07 Å². The average Bonchev–Trinajstić information content (AvgIpc) is 2.89. The second-order valence-corrected chi connectivity index (χ2v) is 5.07. The number of hydrogen-bond acceptors (Lipinski definition) is 4. The molecule has 104 valence electrons. The van der Waals surface area contributed by atoms with Crippen molar-refractivity contribution in [3.05, 3.63) is 23.8 Å². The van der Waals surface area contributed by atoms with Gasteiger partial charge in [-0.05, 0) is 38.1 Å². The van der Waals surface area contributed by atoms with Gasteiger partial charge in [0.25, 0.3) is 5.91 Å². The van der Waals surface area contributed by atoms with Crippen LogP contribution in [0, 0.1) is 0 Å². The van der Waals surface area contributed by atoms with Crippen molar-refractivity contribution in [2.75, 3.05) is 43.9 Å². The van der Waals surface area contributed by atoms with Crippen molar-refractivity contribution in [3.8, 4) is 0 Å². The topological polar surface area (TPSA) is 75.6 Å².